The number of anilines is 4. The van der Waals surface area contributed by atoms with Crippen LogP contribution >= 0.6 is 0 Å². The van der Waals surface area contributed by atoms with Gasteiger partial charge in [-0.2, -0.15) is 6.07 Å². The standard InChI is InChI=1S/C78H56N5O.Pt/c1-77(2,3)54-43-65(51-23-7-5-8-24-51)76(66(44-54)52-25-9-6-10-26-52)81-50-80(72-37-21-22-38-73(72)81)55-46-56(82-69-34-18-13-29-61(69)62-30-14-19-35-70(62)82)48-58(47-55)84-57-39-40-64-63-31-15-20-36-71(63)83(74(64)49-57)75-45-53(41-42-79-75)78(4)67-32-16-11-27-59(67)60-28-12-17-33-68(60)78;/h5-46,48,50H,1-4H3;/q-3;. The zero-order valence-electron chi connectivity index (χ0n) is 47.4. The summed E-state index contributed by atoms with van der Waals surface area (Å²) in [5.74, 6) is 1.91. The fourth-order valence-corrected chi connectivity index (χ4v) is 13.4. The molecule has 412 valence electrons. The Bertz CT molecular complexity index is 4780. The Morgan fingerprint density at radius 1 is 0.459 bits per heavy atom. The molecule has 0 unspecified atom stereocenters. The first-order valence-corrected chi connectivity index (χ1v) is 28.8. The van der Waals surface area contributed by atoms with Gasteiger partial charge in [0.25, 0.3) is 0 Å². The third kappa shape index (κ3) is 8.37. The molecule has 0 N–H and O–H groups in total. The minimum absolute atomic E-state index is 0. The number of pyridine rings is 1. The molecule has 0 spiro atoms. The first-order valence-electron chi connectivity index (χ1n) is 28.8. The van der Waals surface area contributed by atoms with Crippen molar-refractivity contribution in [2.45, 2.75) is 38.5 Å². The first kappa shape index (κ1) is 52.1. The number of nitrogens with zero attached hydrogens (tertiary/aromatic N) is 5. The number of ether oxygens (including phenoxy) is 1. The van der Waals surface area contributed by atoms with Crippen LogP contribution in [-0.4, -0.2) is 14.1 Å². The second-order valence-corrected chi connectivity index (χ2v) is 23.4. The topological polar surface area (TPSA) is 38.5 Å². The van der Waals surface area contributed by atoms with Crippen LogP contribution in [0.15, 0.2) is 261 Å². The maximum absolute atomic E-state index is 7.22. The summed E-state index contributed by atoms with van der Waals surface area (Å²) in [5, 5.41) is 4.52. The number of hydrogen-bond acceptors (Lipinski definition) is 4. The van der Waals surface area contributed by atoms with Crippen LogP contribution in [0.1, 0.15) is 49.9 Å². The van der Waals surface area contributed by atoms with E-state index in [2.05, 4.69) is 314 Å². The summed E-state index contributed by atoms with van der Waals surface area (Å²) in [6, 6.07) is 99.2. The predicted octanol–water partition coefficient (Wildman–Crippen LogP) is 20.0. The van der Waals surface area contributed by atoms with Crippen molar-refractivity contribution in [3.63, 3.8) is 0 Å². The average Bonchev–Trinajstić information content (AvgIpc) is 1.89. The van der Waals surface area contributed by atoms with Gasteiger partial charge in [0.2, 0.25) is 0 Å². The van der Waals surface area contributed by atoms with Crippen molar-refractivity contribution in [3.8, 4) is 56.4 Å². The number of aromatic nitrogens is 3. The van der Waals surface area contributed by atoms with Crippen LogP contribution in [0.2, 0.25) is 0 Å². The summed E-state index contributed by atoms with van der Waals surface area (Å²) in [5.41, 5.74) is 20.6. The van der Waals surface area contributed by atoms with E-state index in [1.807, 2.05) is 12.3 Å². The summed E-state index contributed by atoms with van der Waals surface area (Å²) in [6.45, 7) is 11.5. The van der Waals surface area contributed by atoms with Gasteiger partial charge >= 0.3 is 0 Å². The maximum Gasteiger partial charge on any atom is 0.135 e. The number of benzene rings is 11. The molecule has 0 atom stereocenters. The Morgan fingerprint density at radius 3 is 1.58 bits per heavy atom. The Labute approximate surface area is 509 Å². The minimum atomic E-state index is -0.397. The molecular weight excluding hydrogens is 1220 g/mol. The van der Waals surface area contributed by atoms with Crippen molar-refractivity contribution in [1.29, 1.82) is 0 Å². The van der Waals surface area contributed by atoms with E-state index in [1.165, 1.54) is 44.2 Å². The molecule has 3 aromatic heterocycles. The fourth-order valence-electron chi connectivity index (χ4n) is 13.4. The van der Waals surface area contributed by atoms with Crippen LogP contribution in [0.3, 0.4) is 0 Å². The van der Waals surface area contributed by atoms with Crippen molar-refractivity contribution in [2.24, 2.45) is 0 Å². The van der Waals surface area contributed by atoms with Gasteiger partial charge in [-0.15, -0.1) is 42.4 Å². The Hall–Kier alpha value is -9.74. The van der Waals surface area contributed by atoms with Gasteiger partial charge in [-0.25, -0.2) is 4.98 Å². The maximum atomic E-state index is 7.22. The largest absolute Gasteiger partial charge is 0.509 e. The van der Waals surface area contributed by atoms with E-state index in [-0.39, 0.29) is 26.5 Å². The predicted molar refractivity (Wildman–Crippen MR) is 346 cm³/mol. The Morgan fingerprint density at radius 2 is 0.976 bits per heavy atom. The summed E-state index contributed by atoms with van der Waals surface area (Å²) in [6.07, 6.45) is 1.96. The molecule has 85 heavy (non-hydrogen) atoms. The van der Waals surface area contributed by atoms with E-state index in [1.54, 1.807) is 0 Å². The summed E-state index contributed by atoms with van der Waals surface area (Å²) >= 11 is 0. The molecular formula is C78H56N5OPt-3. The summed E-state index contributed by atoms with van der Waals surface area (Å²) in [4.78, 5) is 9.79. The number of hydrogen-bond donors (Lipinski definition) is 0. The Kier molecular flexibility index (Phi) is 12.4. The zero-order valence-corrected chi connectivity index (χ0v) is 49.6. The zero-order chi connectivity index (χ0) is 56.3. The molecule has 14 aromatic rings. The molecule has 1 aliphatic heterocycles. The molecule has 0 fully saturated rings. The summed E-state index contributed by atoms with van der Waals surface area (Å²) < 4.78 is 11.8. The molecule has 1 aliphatic carbocycles. The van der Waals surface area contributed by atoms with E-state index in [4.69, 9.17) is 9.72 Å². The minimum Gasteiger partial charge on any atom is -0.509 e. The van der Waals surface area contributed by atoms with Gasteiger partial charge in [0.05, 0.1) is 11.0 Å². The van der Waals surface area contributed by atoms with Crippen molar-refractivity contribution in [2.75, 3.05) is 9.80 Å². The molecule has 0 amide bonds. The monoisotopic (exact) mass is 1270 g/mol. The second kappa shape index (κ2) is 20.3. The van der Waals surface area contributed by atoms with E-state index < -0.39 is 5.41 Å². The molecule has 0 radical (unpaired) electrons. The molecule has 0 bridgehead atoms. The van der Waals surface area contributed by atoms with Gasteiger partial charge in [-0.05, 0) is 117 Å². The third-order valence-electron chi connectivity index (χ3n) is 17.5. The van der Waals surface area contributed by atoms with Crippen LogP contribution in [0.4, 0.5) is 22.7 Å². The smallest absolute Gasteiger partial charge is 0.135 e. The van der Waals surface area contributed by atoms with Gasteiger partial charge in [0, 0.05) is 88.7 Å². The fraction of sp³-hybridized carbons (Fsp3) is 0.0769. The molecule has 0 saturated heterocycles. The van der Waals surface area contributed by atoms with Crippen LogP contribution < -0.4 is 14.5 Å². The number of fused-ring (bicyclic) bond motifs is 10. The molecule has 11 aromatic carbocycles. The molecule has 7 heteroatoms. The van der Waals surface area contributed by atoms with Crippen molar-refractivity contribution in [3.05, 3.63) is 302 Å². The Balaban J connectivity index is 0.00000613. The van der Waals surface area contributed by atoms with Gasteiger partial charge in [-0.3, -0.25) is 0 Å². The average molecular weight is 1270 g/mol. The molecule has 2 aliphatic rings. The van der Waals surface area contributed by atoms with Crippen molar-refractivity contribution >= 4 is 66.4 Å². The second-order valence-electron chi connectivity index (χ2n) is 23.4. The van der Waals surface area contributed by atoms with Gasteiger partial charge < -0.3 is 23.7 Å². The normalized spacial score (nSPS) is 13.3. The molecule has 16 rings (SSSR count). The first-order chi connectivity index (χ1) is 41.2. The number of rotatable bonds is 9. The van der Waals surface area contributed by atoms with Crippen molar-refractivity contribution in [1.82, 2.24) is 14.1 Å². The summed E-state index contributed by atoms with van der Waals surface area (Å²) in [7, 11) is 0. The van der Waals surface area contributed by atoms with Crippen LogP contribution in [0, 0.1) is 18.8 Å². The SMILES string of the molecule is CC(C)(C)c1cc(-c2ccccc2)c(N2[CH-]N(c3[c-]c(Oc4[c-]c5c(cc4)c4ccccc4n5-c4cc(C5(C)c6ccccc6-c6ccccc65)ccn4)cc(-n4c5ccccc5c5ccccc54)c3)c3ccccc32)c(-c2ccccc2)c1.[Pt]. The quantitative estimate of drug-likeness (QED) is 0.135. The van der Waals surface area contributed by atoms with Gasteiger partial charge in [0.1, 0.15) is 5.82 Å². The van der Waals surface area contributed by atoms with E-state index >= 15 is 0 Å². The third-order valence-corrected chi connectivity index (χ3v) is 17.5. The van der Waals surface area contributed by atoms with Crippen LogP contribution in [0.25, 0.3) is 88.5 Å². The van der Waals surface area contributed by atoms with E-state index in [0.29, 0.717) is 11.5 Å². The van der Waals surface area contributed by atoms with E-state index in [0.717, 1.165) is 89.3 Å². The molecule has 4 heterocycles. The molecule has 6 nitrogen and oxygen atoms in total. The van der Waals surface area contributed by atoms with Crippen molar-refractivity contribution < 1.29 is 25.8 Å². The molecule has 0 saturated carbocycles. The van der Waals surface area contributed by atoms with Crippen LogP contribution in [0.5, 0.6) is 11.5 Å². The van der Waals surface area contributed by atoms with Gasteiger partial charge in [-0.1, -0.05) is 214 Å². The van der Waals surface area contributed by atoms with E-state index in [9.17, 15) is 0 Å². The number of para-hydroxylation sites is 5. The van der Waals surface area contributed by atoms with Crippen LogP contribution in [-0.2, 0) is 31.9 Å². The van der Waals surface area contributed by atoms with Gasteiger partial charge in [0.15, 0.2) is 0 Å².